The molecule has 8 heteroatoms. The molecule has 0 saturated heterocycles. The average Bonchev–Trinajstić information content (AvgIpc) is 3.00. The van der Waals surface area contributed by atoms with Gasteiger partial charge in [-0.05, 0) is 47.5 Å². The van der Waals surface area contributed by atoms with E-state index in [9.17, 15) is 9.59 Å². The number of nitriles is 1. The Morgan fingerprint density at radius 2 is 2.11 bits per heavy atom. The highest BCUT2D eigenvalue weighted by atomic mass is 79.9. The number of fused-ring (bicyclic) bond motifs is 1. The normalized spacial score (nSPS) is 10.6. The standard InChI is InChI=1S/C20H17BrN2O5/c1-2-26-17-11-13(12-22)10-14(21)19(17)28-18(24)8-5-9-23-15-6-3-4-7-16(15)27-20(23)25/h3-4,6-7,10-11H,2,5,8-9H2,1H3. The highest BCUT2D eigenvalue weighted by Gasteiger charge is 2.16. The Morgan fingerprint density at radius 3 is 2.86 bits per heavy atom. The quantitative estimate of drug-likeness (QED) is 0.403. The van der Waals surface area contributed by atoms with Crippen LogP contribution in [0.25, 0.3) is 11.1 Å². The number of aryl methyl sites for hydroxylation is 1. The van der Waals surface area contributed by atoms with E-state index in [2.05, 4.69) is 15.9 Å². The predicted octanol–water partition coefficient (Wildman–Crippen LogP) is 4.01. The molecule has 1 heterocycles. The van der Waals surface area contributed by atoms with Crippen LogP contribution < -0.4 is 15.2 Å². The maximum absolute atomic E-state index is 12.3. The summed E-state index contributed by atoms with van der Waals surface area (Å²) in [5, 5.41) is 9.06. The van der Waals surface area contributed by atoms with E-state index in [1.807, 2.05) is 12.1 Å². The Balaban J connectivity index is 1.67. The van der Waals surface area contributed by atoms with Crippen molar-refractivity contribution in [3.05, 3.63) is 57.0 Å². The number of hydrogen-bond acceptors (Lipinski definition) is 6. The molecule has 0 bridgehead atoms. The summed E-state index contributed by atoms with van der Waals surface area (Å²) >= 11 is 3.31. The van der Waals surface area contributed by atoms with Crippen molar-refractivity contribution >= 4 is 33.0 Å². The van der Waals surface area contributed by atoms with Crippen LogP contribution >= 0.6 is 15.9 Å². The molecule has 0 radical (unpaired) electrons. The fourth-order valence-corrected chi connectivity index (χ4v) is 3.29. The Hall–Kier alpha value is -3.05. The van der Waals surface area contributed by atoms with Gasteiger partial charge in [-0.15, -0.1) is 0 Å². The molecule has 0 unspecified atom stereocenters. The predicted molar refractivity (Wildman–Crippen MR) is 105 cm³/mol. The summed E-state index contributed by atoms with van der Waals surface area (Å²) in [7, 11) is 0. The van der Waals surface area contributed by atoms with E-state index >= 15 is 0 Å². The van der Waals surface area contributed by atoms with Crippen molar-refractivity contribution < 1.29 is 18.7 Å². The van der Waals surface area contributed by atoms with Crippen molar-refractivity contribution in [2.75, 3.05) is 6.61 Å². The zero-order valence-electron chi connectivity index (χ0n) is 15.1. The maximum Gasteiger partial charge on any atom is 0.419 e. The van der Waals surface area contributed by atoms with Crippen LogP contribution in [0.15, 0.2) is 50.1 Å². The van der Waals surface area contributed by atoms with Crippen LogP contribution in [-0.2, 0) is 11.3 Å². The van der Waals surface area contributed by atoms with Crippen LogP contribution in [0, 0.1) is 11.3 Å². The molecule has 0 aliphatic carbocycles. The largest absolute Gasteiger partial charge is 0.490 e. The molecule has 1 aromatic heterocycles. The van der Waals surface area contributed by atoms with Gasteiger partial charge in [0.05, 0.1) is 28.2 Å². The molecule has 28 heavy (non-hydrogen) atoms. The lowest BCUT2D eigenvalue weighted by Gasteiger charge is -2.13. The summed E-state index contributed by atoms with van der Waals surface area (Å²) in [6.45, 7) is 2.49. The third-order valence-electron chi connectivity index (χ3n) is 3.99. The second-order valence-corrected chi connectivity index (χ2v) is 6.75. The average molecular weight is 445 g/mol. The van der Waals surface area contributed by atoms with Gasteiger partial charge in [0.1, 0.15) is 0 Å². The van der Waals surface area contributed by atoms with Gasteiger partial charge < -0.3 is 13.9 Å². The van der Waals surface area contributed by atoms with Crippen LogP contribution in [0.1, 0.15) is 25.3 Å². The van der Waals surface area contributed by atoms with Gasteiger partial charge in [0, 0.05) is 19.0 Å². The van der Waals surface area contributed by atoms with E-state index in [0.29, 0.717) is 46.5 Å². The molecule has 0 atom stereocenters. The number of ether oxygens (including phenoxy) is 2. The van der Waals surface area contributed by atoms with Crippen molar-refractivity contribution in [3.63, 3.8) is 0 Å². The molecule has 144 valence electrons. The molecule has 0 N–H and O–H groups in total. The fourth-order valence-electron chi connectivity index (χ4n) is 2.77. The Morgan fingerprint density at radius 1 is 1.32 bits per heavy atom. The second-order valence-electron chi connectivity index (χ2n) is 5.90. The summed E-state index contributed by atoms with van der Waals surface area (Å²) in [4.78, 5) is 24.2. The number of hydrogen-bond donors (Lipinski definition) is 0. The summed E-state index contributed by atoms with van der Waals surface area (Å²) in [5.74, 6) is -0.370. The first-order chi connectivity index (χ1) is 13.5. The van der Waals surface area contributed by atoms with Gasteiger partial charge in [-0.1, -0.05) is 12.1 Å². The zero-order chi connectivity index (χ0) is 20.1. The van der Waals surface area contributed by atoms with Gasteiger partial charge in [-0.25, -0.2) is 4.79 Å². The van der Waals surface area contributed by atoms with E-state index in [4.69, 9.17) is 19.2 Å². The van der Waals surface area contributed by atoms with Crippen LogP contribution in [0.2, 0.25) is 0 Å². The minimum Gasteiger partial charge on any atom is -0.490 e. The summed E-state index contributed by atoms with van der Waals surface area (Å²) in [6, 6.07) is 12.2. The number of carbonyl (C=O) groups is 1. The van der Waals surface area contributed by atoms with E-state index in [1.54, 1.807) is 31.2 Å². The van der Waals surface area contributed by atoms with Gasteiger partial charge in [0.2, 0.25) is 0 Å². The summed E-state index contributed by atoms with van der Waals surface area (Å²) in [6.07, 6.45) is 0.504. The third kappa shape index (κ3) is 4.26. The molecule has 7 nitrogen and oxygen atoms in total. The van der Waals surface area contributed by atoms with Gasteiger partial charge in [-0.2, -0.15) is 5.26 Å². The van der Waals surface area contributed by atoms with E-state index in [0.717, 1.165) is 0 Å². The Kier molecular flexibility index (Phi) is 6.16. The highest BCUT2D eigenvalue weighted by molar-refractivity contribution is 9.10. The Bertz CT molecular complexity index is 1110. The lowest BCUT2D eigenvalue weighted by Crippen LogP contribution is -2.16. The number of aromatic nitrogens is 1. The Labute approximate surface area is 169 Å². The van der Waals surface area contributed by atoms with Crippen LogP contribution in [0.3, 0.4) is 0 Å². The summed E-state index contributed by atoms with van der Waals surface area (Å²) in [5.41, 5.74) is 1.59. The second kappa shape index (κ2) is 8.76. The summed E-state index contributed by atoms with van der Waals surface area (Å²) < 4.78 is 18.0. The zero-order valence-corrected chi connectivity index (χ0v) is 16.7. The first-order valence-corrected chi connectivity index (χ1v) is 9.48. The molecule has 2 aromatic carbocycles. The monoisotopic (exact) mass is 444 g/mol. The lowest BCUT2D eigenvalue weighted by molar-refractivity contribution is -0.134. The molecule has 3 rings (SSSR count). The maximum atomic E-state index is 12.3. The number of halogens is 1. The van der Waals surface area contributed by atoms with E-state index in [1.165, 1.54) is 10.6 Å². The highest BCUT2D eigenvalue weighted by Crippen LogP contribution is 2.37. The fraction of sp³-hybridized carbons (Fsp3) is 0.250. The number of oxazole rings is 1. The molecular formula is C20H17BrN2O5. The van der Waals surface area contributed by atoms with Crippen LogP contribution in [0.5, 0.6) is 11.5 Å². The van der Waals surface area contributed by atoms with Crippen molar-refractivity contribution in [2.45, 2.75) is 26.3 Å². The number of para-hydroxylation sites is 2. The molecular weight excluding hydrogens is 428 g/mol. The van der Waals surface area contributed by atoms with E-state index in [-0.39, 0.29) is 12.2 Å². The van der Waals surface area contributed by atoms with Crippen LogP contribution in [0.4, 0.5) is 0 Å². The topological polar surface area (TPSA) is 94.5 Å². The first kappa shape index (κ1) is 19.7. The number of carbonyl (C=O) groups excluding carboxylic acids is 1. The van der Waals surface area contributed by atoms with Gasteiger partial charge >= 0.3 is 11.7 Å². The van der Waals surface area contributed by atoms with Crippen LogP contribution in [-0.4, -0.2) is 17.1 Å². The molecule has 3 aromatic rings. The third-order valence-corrected chi connectivity index (χ3v) is 4.58. The molecule has 0 saturated carbocycles. The lowest BCUT2D eigenvalue weighted by atomic mass is 10.2. The molecule has 0 fully saturated rings. The number of benzene rings is 2. The van der Waals surface area contributed by atoms with Gasteiger partial charge in [0.25, 0.3) is 0 Å². The molecule has 0 amide bonds. The molecule has 0 aliphatic rings. The smallest absolute Gasteiger partial charge is 0.419 e. The number of esters is 1. The van der Waals surface area contributed by atoms with Crippen molar-refractivity contribution in [2.24, 2.45) is 0 Å². The van der Waals surface area contributed by atoms with Crippen molar-refractivity contribution in [3.8, 4) is 17.6 Å². The minimum atomic E-state index is -0.466. The first-order valence-electron chi connectivity index (χ1n) is 8.69. The van der Waals surface area contributed by atoms with Crippen molar-refractivity contribution in [1.82, 2.24) is 4.57 Å². The number of nitrogens with zero attached hydrogens (tertiary/aromatic N) is 2. The minimum absolute atomic E-state index is 0.101. The van der Waals surface area contributed by atoms with E-state index < -0.39 is 11.7 Å². The SMILES string of the molecule is CCOc1cc(C#N)cc(Br)c1OC(=O)CCCn1c(=O)oc2ccccc21. The number of rotatable bonds is 7. The van der Waals surface area contributed by atoms with Crippen molar-refractivity contribution in [1.29, 1.82) is 5.26 Å². The molecule has 0 spiro atoms. The van der Waals surface area contributed by atoms with Gasteiger partial charge in [0.15, 0.2) is 17.1 Å². The molecule has 0 aliphatic heterocycles. The van der Waals surface area contributed by atoms with Gasteiger partial charge in [-0.3, -0.25) is 9.36 Å².